The number of hydrogen-bond acceptors (Lipinski definition) is 4. The van der Waals surface area contributed by atoms with Crippen molar-refractivity contribution >= 4 is 35.8 Å². The molecule has 0 spiro atoms. The van der Waals surface area contributed by atoms with Crippen molar-refractivity contribution in [2.24, 2.45) is 5.73 Å². The van der Waals surface area contributed by atoms with E-state index in [1.54, 1.807) is 17.8 Å². The number of halogens is 1. The van der Waals surface area contributed by atoms with Crippen LogP contribution in [-0.2, 0) is 6.54 Å². The molecule has 1 aromatic heterocycles. The maximum absolute atomic E-state index is 12.0. The lowest BCUT2D eigenvalue weighted by Gasteiger charge is -2.17. The van der Waals surface area contributed by atoms with Gasteiger partial charge in [0.05, 0.1) is 12.1 Å². The Kier molecular flexibility index (Phi) is 6.53. The molecule has 2 aromatic rings. The molecule has 0 radical (unpaired) electrons. The van der Waals surface area contributed by atoms with E-state index in [9.17, 15) is 4.79 Å². The summed E-state index contributed by atoms with van der Waals surface area (Å²) in [6, 6.07) is 9.46. The monoisotopic (exact) mass is 340 g/mol. The van der Waals surface area contributed by atoms with Crippen molar-refractivity contribution in [3.63, 3.8) is 0 Å². The predicted octanol–water partition coefficient (Wildman–Crippen LogP) is 4.30. The van der Waals surface area contributed by atoms with Crippen LogP contribution in [0.3, 0.4) is 0 Å². The fourth-order valence-corrected chi connectivity index (χ4v) is 2.75. The number of thioether (sulfide) groups is 1. The van der Waals surface area contributed by atoms with E-state index in [1.165, 1.54) is 11.2 Å². The molecule has 0 saturated heterocycles. The summed E-state index contributed by atoms with van der Waals surface area (Å²) in [7, 11) is 0. The lowest BCUT2D eigenvalue weighted by Crippen LogP contribution is -2.11. The van der Waals surface area contributed by atoms with Crippen LogP contribution < -0.4 is 11.1 Å². The molecule has 1 aromatic carbocycles. The largest absolute Gasteiger partial charge is 0.467 e. The lowest BCUT2D eigenvalue weighted by atomic mass is 10.2. The smallest absolute Gasteiger partial charge is 0.258 e. The number of amides is 1. The van der Waals surface area contributed by atoms with E-state index in [2.05, 4.69) is 26.1 Å². The minimum absolute atomic E-state index is 0. The number of benzene rings is 1. The second-order valence-electron chi connectivity index (χ2n) is 5.70. The van der Waals surface area contributed by atoms with Gasteiger partial charge in [0, 0.05) is 15.3 Å². The molecule has 0 aliphatic carbocycles. The first-order valence-electron chi connectivity index (χ1n) is 6.75. The lowest BCUT2D eigenvalue weighted by molar-refractivity contribution is 0.102. The number of rotatable bonds is 4. The van der Waals surface area contributed by atoms with Crippen LogP contribution in [0, 0.1) is 0 Å². The van der Waals surface area contributed by atoms with Gasteiger partial charge in [-0.2, -0.15) is 0 Å². The third-order valence-electron chi connectivity index (χ3n) is 2.65. The molecule has 0 aliphatic rings. The molecule has 120 valence electrons. The van der Waals surface area contributed by atoms with Gasteiger partial charge in [-0.3, -0.25) is 4.79 Å². The number of anilines is 1. The van der Waals surface area contributed by atoms with Crippen LogP contribution in [0.15, 0.2) is 45.9 Å². The van der Waals surface area contributed by atoms with E-state index in [-0.39, 0.29) is 29.6 Å². The zero-order valence-electron chi connectivity index (χ0n) is 12.9. The molecule has 0 fully saturated rings. The fourth-order valence-electron chi connectivity index (χ4n) is 1.77. The predicted molar refractivity (Wildman–Crippen MR) is 93.9 cm³/mol. The van der Waals surface area contributed by atoms with Crippen molar-refractivity contribution in [3.05, 3.63) is 47.9 Å². The Morgan fingerprint density at radius 2 is 1.91 bits per heavy atom. The summed E-state index contributed by atoms with van der Waals surface area (Å²) < 4.78 is 5.32. The summed E-state index contributed by atoms with van der Waals surface area (Å²) in [4.78, 5) is 13.2. The summed E-state index contributed by atoms with van der Waals surface area (Å²) in [5.41, 5.74) is 6.69. The third kappa shape index (κ3) is 5.40. The van der Waals surface area contributed by atoms with Crippen molar-refractivity contribution in [3.8, 4) is 0 Å². The summed E-state index contributed by atoms with van der Waals surface area (Å²) >= 11 is 1.79. The van der Waals surface area contributed by atoms with Crippen LogP contribution in [0.5, 0.6) is 0 Å². The van der Waals surface area contributed by atoms with Crippen LogP contribution in [-0.4, -0.2) is 10.7 Å². The normalized spacial score (nSPS) is 10.9. The Labute approximate surface area is 141 Å². The van der Waals surface area contributed by atoms with Gasteiger partial charge in [0.15, 0.2) is 0 Å². The first-order chi connectivity index (χ1) is 9.87. The van der Waals surface area contributed by atoms with E-state index < -0.39 is 0 Å². The number of nitrogens with two attached hydrogens (primary N) is 1. The molecule has 0 bridgehead atoms. The van der Waals surface area contributed by atoms with Gasteiger partial charge in [0.25, 0.3) is 5.91 Å². The van der Waals surface area contributed by atoms with Crippen LogP contribution in [0.4, 0.5) is 5.69 Å². The van der Waals surface area contributed by atoms with E-state index in [0.717, 1.165) is 5.69 Å². The van der Waals surface area contributed by atoms with Crippen molar-refractivity contribution in [2.45, 2.75) is 37.0 Å². The number of carbonyl (C=O) groups excluding carboxylic acids is 1. The van der Waals surface area contributed by atoms with Gasteiger partial charge in [-0.1, -0.05) is 20.8 Å². The van der Waals surface area contributed by atoms with Crippen LogP contribution in [0.25, 0.3) is 0 Å². The van der Waals surface area contributed by atoms with Gasteiger partial charge in [-0.15, -0.1) is 24.2 Å². The minimum atomic E-state index is -0.199. The molecule has 6 heteroatoms. The van der Waals surface area contributed by atoms with Crippen LogP contribution in [0.2, 0.25) is 0 Å². The molecule has 0 unspecified atom stereocenters. The Hall–Kier alpha value is -1.43. The first-order valence-corrected chi connectivity index (χ1v) is 7.57. The molecule has 1 heterocycles. The average molecular weight is 341 g/mol. The summed E-state index contributed by atoms with van der Waals surface area (Å²) in [6.45, 7) is 6.79. The zero-order chi connectivity index (χ0) is 15.5. The molecule has 0 saturated carbocycles. The molecule has 1 amide bonds. The highest BCUT2D eigenvalue weighted by Gasteiger charge is 2.13. The Morgan fingerprint density at radius 1 is 1.27 bits per heavy atom. The quantitative estimate of drug-likeness (QED) is 0.814. The van der Waals surface area contributed by atoms with Crippen molar-refractivity contribution < 1.29 is 9.21 Å². The summed E-state index contributed by atoms with van der Waals surface area (Å²) in [5.74, 6) is 0.395. The minimum Gasteiger partial charge on any atom is -0.467 e. The molecular weight excluding hydrogens is 320 g/mol. The number of furan rings is 1. The standard InChI is InChI=1S/C16H20N2O2S.ClH/c1-16(2,3)21-14-6-4-12(5-7-14)18-15(19)11-8-13(9-17)20-10-11;/h4-8,10H,9,17H2,1-3H3,(H,18,19);1H. The van der Waals surface area contributed by atoms with Crippen molar-refractivity contribution in [1.29, 1.82) is 0 Å². The number of carbonyl (C=O) groups is 1. The average Bonchev–Trinajstić information content (AvgIpc) is 2.88. The molecule has 22 heavy (non-hydrogen) atoms. The number of nitrogens with one attached hydrogen (secondary N) is 1. The van der Waals surface area contributed by atoms with Crippen molar-refractivity contribution in [1.82, 2.24) is 0 Å². The molecule has 4 nitrogen and oxygen atoms in total. The molecule has 2 rings (SSSR count). The Bertz CT molecular complexity index is 618. The molecule has 3 N–H and O–H groups in total. The maximum Gasteiger partial charge on any atom is 0.258 e. The van der Waals surface area contributed by atoms with Crippen molar-refractivity contribution in [2.75, 3.05) is 5.32 Å². The van der Waals surface area contributed by atoms with Crippen LogP contribution in [0.1, 0.15) is 36.9 Å². The zero-order valence-corrected chi connectivity index (χ0v) is 14.5. The molecular formula is C16H21ClN2O2S. The topological polar surface area (TPSA) is 68.3 Å². The number of hydrogen-bond donors (Lipinski definition) is 2. The van der Waals surface area contributed by atoms with E-state index in [0.29, 0.717) is 11.3 Å². The van der Waals surface area contributed by atoms with Gasteiger partial charge in [0.2, 0.25) is 0 Å². The van der Waals surface area contributed by atoms with Gasteiger partial charge < -0.3 is 15.5 Å². The van der Waals surface area contributed by atoms with Crippen LogP contribution >= 0.6 is 24.2 Å². The fraction of sp³-hybridized carbons (Fsp3) is 0.312. The molecule has 0 aliphatic heterocycles. The van der Waals surface area contributed by atoms with Gasteiger partial charge >= 0.3 is 0 Å². The Balaban J connectivity index is 0.00000242. The van der Waals surface area contributed by atoms with E-state index in [1.807, 2.05) is 24.3 Å². The maximum atomic E-state index is 12.0. The first kappa shape index (κ1) is 18.6. The second-order valence-corrected chi connectivity index (χ2v) is 7.60. The summed E-state index contributed by atoms with van der Waals surface area (Å²) in [5, 5.41) is 2.84. The second kappa shape index (κ2) is 7.72. The highest BCUT2D eigenvalue weighted by molar-refractivity contribution is 8.00. The van der Waals surface area contributed by atoms with Gasteiger partial charge in [0.1, 0.15) is 12.0 Å². The SMILES string of the molecule is CC(C)(C)Sc1ccc(NC(=O)c2coc(CN)c2)cc1.Cl. The van der Waals surface area contributed by atoms with Gasteiger partial charge in [-0.25, -0.2) is 0 Å². The van der Waals surface area contributed by atoms with E-state index in [4.69, 9.17) is 10.2 Å². The summed E-state index contributed by atoms with van der Waals surface area (Å²) in [6.07, 6.45) is 1.42. The Morgan fingerprint density at radius 3 is 2.41 bits per heavy atom. The highest BCUT2D eigenvalue weighted by atomic mass is 35.5. The molecule has 0 atom stereocenters. The third-order valence-corrected chi connectivity index (χ3v) is 3.77. The van der Waals surface area contributed by atoms with E-state index >= 15 is 0 Å². The van der Waals surface area contributed by atoms with Gasteiger partial charge in [-0.05, 0) is 30.3 Å². The highest BCUT2D eigenvalue weighted by Crippen LogP contribution is 2.32.